The van der Waals surface area contributed by atoms with Crippen molar-refractivity contribution < 1.29 is 31.5 Å². The monoisotopic (exact) mass is 566 g/mol. The lowest BCUT2D eigenvalue weighted by atomic mass is 9.79. The van der Waals surface area contributed by atoms with Crippen molar-refractivity contribution in [1.82, 2.24) is 18.9 Å². The second kappa shape index (κ2) is 9.52. The van der Waals surface area contributed by atoms with E-state index in [1.807, 2.05) is 4.72 Å². The smallest absolute Gasteiger partial charge is 0.283 e. The SMILES string of the molecule is Cc1nc(-c2cccc(C[C@H]3[C@@H](NS(=O)(=O)N(C)C)C(F)(F)CN3C(=O)C3(O)CCC3)c2F)c(Cl)s1. The van der Waals surface area contributed by atoms with Crippen molar-refractivity contribution in [2.45, 2.75) is 56.2 Å². The van der Waals surface area contributed by atoms with E-state index in [1.54, 1.807) is 6.92 Å². The fourth-order valence-electron chi connectivity index (χ4n) is 4.49. The second-order valence-corrected chi connectivity index (χ2v) is 13.1. The van der Waals surface area contributed by atoms with E-state index in [9.17, 15) is 18.3 Å². The number of thiazole rings is 1. The summed E-state index contributed by atoms with van der Waals surface area (Å²) in [5.41, 5.74) is -1.55. The van der Waals surface area contributed by atoms with E-state index >= 15 is 13.2 Å². The maximum absolute atomic E-state index is 15.6. The van der Waals surface area contributed by atoms with Crippen LogP contribution in [0.3, 0.4) is 0 Å². The van der Waals surface area contributed by atoms with Crippen LogP contribution in [0.1, 0.15) is 29.8 Å². The van der Waals surface area contributed by atoms with Gasteiger partial charge in [0.05, 0.1) is 17.6 Å². The quantitative estimate of drug-likeness (QED) is 0.536. The van der Waals surface area contributed by atoms with Gasteiger partial charge in [-0.1, -0.05) is 23.7 Å². The summed E-state index contributed by atoms with van der Waals surface area (Å²) in [6.07, 6.45) is 0.344. The molecule has 2 fully saturated rings. The Bertz CT molecular complexity index is 1280. The number of rotatable bonds is 7. The summed E-state index contributed by atoms with van der Waals surface area (Å²) in [5, 5.41) is 11.2. The van der Waals surface area contributed by atoms with E-state index in [4.69, 9.17) is 11.6 Å². The van der Waals surface area contributed by atoms with Crippen molar-refractivity contribution in [2.75, 3.05) is 20.6 Å². The molecule has 1 saturated heterocycles. The minimum absolute atomic E-state index is 0.0237. The number of alkyl halides is 2. The molecule has 0 unspecified atom stereocenters. The predicted octanol–water partition coefficient (Wildman–Crippen LogP) is 2.98. The molecule has 0 spiro atoms. The molecule has 0 radical (unpaired) electrons. The highest BCUT2D eigenvalue weighted by Gasteiger charge is 2.60. The first-order chi connectivity index (χ1) is 16.7. The number of hydrogen-bond donors (Lipinski definition) is 2. The largest absolute Gasteiger partial charge is 0.380 e. The number of carbonyl (C=O) groups excluding carboxylic acids is 1. The standard InChI is InChI=1S/C22H26ClF3N4O4S2/c1-12-27-17(19(23)35-12)14-7-4-6-13(16(14)24)10-15-18(28-36(33,34)29(2)3)22(25,26)11-30(15)20(31)21(32)8-5-9-21/h4,6-7,15,18,28,32H,5,8-11H2,1-3H3/t15-,18+/m0/s1. The van der Waals surface area contributed by atoms with Crippen molar-refractivity contribution in [1.29, 1.82) is 0 Å². The van der Waals surface area contributed by atoms with E-state index in [0.717, 1.165) is 20.5 Å². The number of aliphatic hydroxyl groups is 1. The molecule has 1 aromatic heterocycles. The minimum atomic E-state index is -4.34. The minimum Gasteiger partial charge on any atom is -0.380 e. The molecule has 14 heteroatoms. The third-order valence-electron chi connectivity index (χ3n) is 6.67. The molecule has 36 heavy (non-hydrogen) atoms. The summed E-state index contributed by atoms with van der Waals surface area (Å²) >= 11 is 7.37. The van der Waals surface area contributed by atoms with Gasteiger partial charge in [0, 0.05) is 19.7 Å². The van der Waals surface area contributed by atoms with Gasteiger partial charge in [-0.2, -0.15) is 17.4 Å². The van der Waals surface area contributed by atoms with E-state index < -0.39 is 58.5 Å². The van der Waals surface area contributed by atoms with Crippen LogP contribution in [0.25, 0.3) is 11.3 Å². The first kappa shape index (κ1) is 27.3. The average Bonchev–Trinajstić information content (AvgIpc) is 3.22. The molecule has 2 aliphatic rings. The molecule has 1 aliphatic heterocycles. The summed E-state index contributed by atoms with van der Waals surface area (Å²) in [7, 11) is -1.99. The Morgan fingerprint density at radius 2 is 2.03 bits per heavy atom. The number of halogens is 4. The van der Waals surface area contributed by atoms with E-state index in [1.165, 1.54) is 32.3 Å². The van der Waals surface area contributed by atoms with Crippen LogP contribution in [-0.2, 0) is 21.4 Å². The Morgan fingerprint density at radius 1 is 1.36 bits per heavy atom. The lowest BCUT2D eigenvalue weighted by Gasteiger charge is -2.40. The molecule has 1 saturated carbocycles. The van der Waals surface area contributed by atoms with Gasteiger partial charge in [-0.15, -0.1) is 11.3 Å². The van der Waals surface area contributed by atoms with Gasteiger partial charge in [0.2, 0.25) is 0 Å². The van der Waals surface area contributed by atoms with Crippen molar-refractivity contribution >= 4 is 39.1 Å². The zero-order chi connectivity index (χ0) is 26.6. The van der Waals surface area contributed by atoms with Crippen molar-refractivity contribution in [3.05, 3.63) is 38.9 Å². The number of amides is 1. The van der Waals surface area contributed by atoms with Crippen molar-refractivity contribution in [3.63, 3.8) is 0 Å². The van der Waals surface area contributed by atoms with Crippen molar-refractivity contribution in [2.24, 2.45) is 0 Å². The van der Waals surface area contributed by atoms with Crippen LogP contribution in [0, 0.1) is 12.7 Å². The number of aromatic nitrogens is 1. The molecule has 198 valence electrons. The zero-order valence-electron chi connectivity index (χ0n) is 19.8. The molecule has 0 bridgehead atoms. The summed E-state index contributed by atoms with van der Waals surface area (Å²) < 4.78 is 74.1. The summed E-state index contributed by atoms with van der Waals surface area (Å²) in [6, 6.07) is 0.821. The van der Waals surface area contributed by atoms with Gasteiger partial charge in [0.15, 0.2) is 0 Å². The van der Waals surface area contributed by atoms with E-state index in [0.29, 0.717) is 11.4 Å². The van der Waals surface area contributed by atoms with Crippen LogP contribution in [0.4, 0.5) is 13.2 Å². The van der Waals surface area contributed by atoms with Gasteiger partial charge in [-0.25, -0.2) is 18.2 Å². The maximum Gasteiger partial charge on any atom is 0.283 e. The molecule has 2 N–H and O–H groups in total. The highest BCUT2D eigenvalue weighted by Crippen LogP contribution is 2.41. The highest BCUT2D eigenvalue weighted by molar-refractivity contribution is 7.87. The Morgan fingerprint density at radius 3 is 2.56 bits per heavy atom. The fourth-order valence-corrected chi connectivity index (χ4v) is 6.48. The molecular weight excluding hydrogens is 541 g/mol. The van der Waals surface area contributed by atoms with Gasteiger partial charge < -0.3 is 10.0 Å². The third-order valence-corrected chi connectivity index (χ3v) is 9.36. The molecule has 2 aromatic rings. The number of aryl methyl sites for hydroxylation is 1. The second-order valence-electron chi connectivity index (χ2n) is 9.37. The Balaban J connectivity index is 1.76. The number of nitrogens with one attached hydrogen (secondary N) is 1. The highest BCUT2D eigenvalue weighted by atomic mass is 35.5. The topological polar surface area (TPSA) is 103 Å². The Hall–Kier alpha value is -1.77. The van der Waals surface area contributed by atoms with Gasteiger partial charge in [0.25, 0.3) is 22.0 Å². The first-order valence-corrected chi connectivity index (χ1v) is 13.8. The van der Waals surface area contributed by atoms with E-state index in [2.05, 4.69) is 4.98 Å². The van der Waals surface area contributed by atoms with Crippen LogP contribution in [0.5, 0.6) is 0 Å². The summed E-state index contributed by atoms with van der Waals surface area (Å²) in [5.74, 6) is -5.35. The Kier molecular flexibility index (Phi) is 7.21. The first-order valence-electron chi connectivity index (χ1n) is 11.2. The molecule has 4 rings (SSSR count). The number of benzene rings is 1. The normalized spacial score (nSPS) is 23.2. The third kappa shape index (κ3) is 4.88. The number of carbonyl (C=O) groups is 1. The molecule has 8 nitrogen and oxygen atoms in total. The summed E-state index contributed by atoms with van der Waals surface area (Å²) in [6.45, 7) is 0.594. The van der Waals surface area contributed by atoms with Gasteiger partial charge in [0.1, 0.15) is 27.5 Å². The lowest BCUT2D eigenvalue weighted by Crippen LogP contribution is -2.58. The van der Waals surface area contributed by atoms with Gasteiger partial charge >= 0.3 is 0 Å². The maximum atomic E-state index is 15.6. The number of nitrogens with zero attached hydrogens (tertiary/aromatic N) is 3. The zero-order valence-corrected chi connectivity index (χ0v) is 22.2. The summed E-state index contributed by atoms with van der Waals surface area (Å²) in [4.78, 5) is 18.2. The fraction of sp³-hybridized carbons (Fsp3) is 0.545. The van der Waals surface area contributed by atoms with Crippen LogP contribution < -0.4 is 4.72 Å². The number of hydrogen-bond acceptors (Lipinski definition) is 6. The molecule has 1 aliphatic carbocycles. The van der Waals surface area contributed by atoms with Crippen LogP contribution >= 0.6 is 22.9 Å². The molecule has 2 atom stereocenters. The van der Waals surface area contributed by atoms with Crippen LogP contribution in [0.2, 0.25) is 4.34 Å². The van der Waals surface area contributed by atoms with Gasteiger partial charge in [-0.05, 0) is 44.2 Å². The van der Waals surface area contributed by atoms with E-state index in [-0.39, 0.29) is 34.0 Å². The molecule has 1 amide bonds. The number of likely N-dealkylation sites (tertiary alicyclic amines) is 1. The average molecular weight is 567 g/mol. The van der Waals surface area contributed by atoms with Crippen molar-refractivity contribution in [3.8, 4) is 11.3 Å². The van der Waals surface area contributed by atoms with Crippen LogP contribution in [-0.4, -0.2) is 77.9 Å². The van der Waals surface area contributed by atoms with Gasteiger partial charge in [-0.3, -0.25) is 4.79 Å². The Labute approximate surface area is 216 Å². The molecule has 1 aromatic carbocycles. The molecule has 2 heterocycles. The molecular formula is C22H26ClF3N4O4S2. The van der Waals surface area contributed by atoms with Crippen LogP contribution in [0.15, 0.2) is 18.2 Å². The predicted molar refractivity (Wildman–Crippen MR) is 130 cm³/mol. The lowest BCUT2D eigenvalue weighted by molar-refractivity contribution is -0.162.